The highest BCUT2D eigenvalue weighted by atomic mass is 19.1. The Balaban J connectivity index is 1.47. The number of anilines is 1. The van der Waals surface area contributed by atoms with Crippen molar-refractivity contribution < 1.29 is 4.39 Å². The molecule has 0 radical (unpaired) electrons. The van der Waals surface area contributed by atoms with Crippen LogP contribution in [0.25, 0.3) is 34.5 Å². The van der Waals surface area contributed by atoms with Gasteiger partial charge in [-0.1, -0.05) is 56.4 Å². The zero-order chi connectivity index (χ0) is 28.8. The molecule has 0 bridgehead atoms. The number of benzene rings is 1. The number of fused-ring (bicyclic) bond motifs is 1. The van der Waals surface area contributed by atoms with Crippen molar-refractivity contribution in [3.8, 4) is 11.5 Å². The first-order valence-corrected chi connectivity index (χ1v) is 15.1. The van der Waals surface area contributed by atoms with Crippen molar-refractivity contribution in [2.45, 2.75) is 58.8 Å². The van der Waals surface area contributed by atoms with Crippen molar-refractivity contribution in [1.29, 1.82) is 0 Å². The Labute approximate surface area is 242 Å². The average molecular weight is 555 g/mol. The molecule has 2 aromatic heterocycles. The second-order valence-electron chi connectivity index (χ2n) is 11.2. The van der Waals surface area contributed by atoms with E-state index in [1.807, 2.05) is 50.3 Å². The van der Waals surface area contributed by atoms with E-state index >= 15 is 4.39 Å². The molecular formula is C34H43FN6. The molecule has 3 aromatic rings. The third kappa shape index (κ3) is 6.30. The van der Waals surface area contributed by atoms with Crippen LogP contribution in [0.5, 0.6) is 0 Å². The molecule has 2 aliphatic rings. The maximum absolute atomic E-state index is 16.4. The molecule has 41 heavy (non-hydrogen) atoms. The van der Waals surface area contributed by atoms with Gasteiger partial charge in [-0.15, -0.1) is 0 Å². The first-order valence-electron chi connectivity index (χ1n) is 15.1. The van der Waals surface area contributed by atoms with Gasteiger partial charge in [-0.25, -0.2) is 9.37 Å². The topological polar surface area (TPSA) is 72.6 Å². The van der Waals surface area contributed by atoms with E-state index in [4.69, 9.17) is 4.98 Å². The molecule has 1 aliphatic carbocycles. The molecule has 0 spiro atoms. The highest BCUT2D eigenvalue weighted by Crippen LogP contribution is 2.30. The predicted octanol–water partition coefficient (Wildman–Crippen LogP) is 6.22. The maximum atomic E-state index is 16.4. The second-order valence-corrected chi connectivity index (χ2v) is 11.2. The number of aromatic amines is 2. The number of H-pyrrole nitrogens is 2. The van der Waals surface area contributed by atoms with E-state index in [0.717, 1.165) is 47.8 Å². The zero-order valence-electron chi connectivity index (χ0n) is 24.5. The SMILES string of the molecule is C=C/C(=C\C(=C/C)C(=C)/C(F)=c1/c(-c2nc3c(N4CCCCC4)cccc3[nH]2)n[nH]/c1=C/C)CNCC1CCCC1. The molecule has 1 saturated heterocycles. The fourth-order valence-electron chi connectivity index (χ4n) is 6.12. The summed E-state index contributed by atoms with van der Waals surface area (Å²) >= 11 is 0. The number of nitrogens with one attached hydrogen (secondary N) is 3. The number of allylic oxidation sites excluding steroid dienone is 4. The lowest BCUT2D eigenvalue weighted by Crippen LogP contribution is -2.29. The van der Waals surface area contributed by atoms with Crippen molar-refractivity contribution in [1.82, 2.24) is 25.5 Å². The summed E-state index contributed by atoms with van der Waals surface area (Å²) in [7, 11) is 0. The Morgan fingerprint density at radius 1 is 1.15 bits per heavy atom. The summed E-state index contributed by atoms with van der Waals surface area (Å²) in [6.07, 6.45) is 16.4. The van der Waals surface area contributed by atoms with E-state index in [9.17, 15) is 0 Å². The molecule has 1 aliphatic heterocycles. The molecule has 1 aromatic carbocycles. The van der Waals surface area contributed by atoms with Crippen molar-refractivity contribution in [3.05, 3.63) is 76.9 Å². The zero-order valence-corrected chi connectivity index (χ0v) is 24.5. The third-order valence-electron chi connectivity index (χ3n) is 8.48. The van der Waals surface area contributed by atoms with Crippen molar-refractivity contribution in [2.24, 2.45) is 5.92 Å². The van der Waals surface area contributed by atoms with Gasteiger partial charge < -0.3 is 15.2 Å². The smallest absolute Gasteiger partial charge is 0.159 e. The van der Waals surface area contributed by atoms with Crippen LogP contribution in [0.3, 0.4) is 0 Å². The summed E-state index contributed by atoms with van der Waals surface area (Å²) < 4.78 is 16.4. The van der Waals surface area contributed by atoms with Gasteiger partial charge in [-0.3, -0.25) is 5.10 Å². The minimum absolute atomic E-state index is 0.304. The van der Waals surface area contributed by atoms with Crippen molar-refractivity contribution in [3.63, 3.8) is 0 Å². The molecule has 5 rings (SSSR count). The molecule has 0 unspecified atom stereocenters. The Morgan fingerprint density at radius 3 is 2.63 bits per heavy atom. The predicted molar refractivity (Wildman–Crippen MR) is 170 cm³/mol. The number of nitrogens with zero attached hydrogens (tertiary/aromatic N) is 3. The van der Waals surface area contributed by atoms with Gasteiger partial charge in [0.05, 0.1) is 21.8 Å². The monoisotopic (exact) mass is 554 g/mol. The van der Waals surface area contributed by atoms with Gasteiger partial charge >= 0.3 is 0 Å². The van der Waals surface area contributed by atoms with Crippen LogP contribution in [0.2, 0.25) is 0 Å². The van der Waals surface area contributed by atoms with Crippen LogP contribution in [0.15, 0.2) is 66.3 Å². The fourth-order valence-corrected chi connectivity index (χ4v) is 6.12. The molecule has 7 heteroatoms. The van der Waals surface area contributed by atoms with Crippen molar-refractivity contribution in [2.75, 3.05) is 31.1 Å². The number of aromatic nitrogens is 4. The lowest BCUT2D eigenvalue weighted by molar-refractivity contribution is 0.503. The quantitative estimate of drug-likeness (QED) is 0.260. The fraction of sp³-hybridized carbons (Fsp3) is 0.412. The molecule has 2 fully saturated rings. The lowest BCUT2D eigenvalue weighted by Gasteiger charge is -2.28. The molecule has 0 atom stereocenters. The summed E-state index contributed by atoms with van der Waals surface area (Å²) in [4.78, 5) is 10.7. The van der Waals surface area contributed by atoms with Gasteiger partial charge in [0, 0.05) is 25.2 Å². The molecule has 216 valence electrons. The van der Waals surface area contributed by atoms with E-state index in [1.54, 1.807) is 0 Å². The van der Waals surface area contributed by atoms with E-state index < -0.39 is 5.83 Å². The number of rotatable bonds is 10. The minimum atomic E-state index is -0.426. The largest absolute Gasteiger partial charge is 0.370 e. The van der Waals surface area contributed by atoms with Crippen LogP contribution in [0, 0.1) is 5.92 Å². The van der Waals surface area contributed by atoms with Gasteiger partial charge in [0.1, 0.15) is 17.0 Å². The lowest BCUT2D eigenvalue weighted by atomic mass is 10.0. The summed E-state index contributed by atoms with van der Waals surface area (Å²) in [5.41, 5.74) is 5.37. The van der Waals surface area contributed by atoms with Gasteiger partial charge in [-0.05, 0) is 81.7 Å². The van der Waals surface area contributed by atoms with E-state index in [1.165, 1.54) is 44.9 Å². The molecule has 3 heterocycles. The summed E-state index contributed by atoms with van der Waals surface area (Å²) in [6, 6.07) is 6.18. The third-order valence-corrected chi connectivity index (χ3v) is 8.48. The number of para-hydroxylation sites is 1. The second kappa shape index (κ2) is 13.3. The van der Waals surface area contributed by atoms with Crippen LogP contribution in [-0.2, 0) is 0 Å². The van der Waals surface area contributed by atoms with Gasteiger partial charge in [0.25, 0.3) is 0 Å². The van der Waals surface area contributed by atoms with Crippen LogP contribution >= 0.6 is 0 Å². The van der Waals surface area contributed by atoms with E-state index in [-0.39, 0.29) is 0 Å². The normalized spacial score (nSPS) is 18.4. The number of hydrogen-bond acceptors (Lipinski definition) is 4. The molecule has 6 nitrogen and oxygen atoms in total. The first kappa shape index (κ1) is 28.8. The standard InChI is InChI=1S/C34H43FN6/c1-5-24(21-36-22-25-14-9-10-15-25)20-26(6-2)23(4)31(35)30-27(7-3)39-40-33(30)34-37-28-16-13-17-29(32(28)38-34)41-18-11-8-12-19-41/h5-7,13,16-17,20,25,36,39H,1,4,8-12,14-15,18-19,21-22H2,2-3H3,(H,37,38)/b24-20+,26-6+,27-7+,31-30-. The minimum Gasteiger partial charge on any atom is -0.370 e. The van der Waals surface area contributed by atoms with Crippen LogP contribution < -0.4 is 20.8 Å². The maximum Gasteiger partial charge on any atom is 0.159 e. The van der Waals surface area contributed by atoms with Gasteiger partial charge in [-0.2, -0.15) is 5.10 Å². The van der Waals surface area contributed by atoms with Crippen LogP contribution in [0.1, 0.15) is 58.8 Å². The number of halogens is 1. The Bertz CT molecular complexity index is 1570. The van der Waals surface area contributed by atoms with Gasteiger partial charge in [0.15, 0.2) is 5.82 Å². The average Bonchev–Trinajstić information content (AvgIpc) is 3.78. The Hall–Kier alpha value is -3.71. The Kier molecular flexibility index (Phi) is 9.35. The van der Waals surface area contributed by atoms with E-state index in [0.29, 0.717) is 39.8 Å². The summed E-state index contributed by atoms with van der Waals surface area (Å²) in [5, 5.41) is 12.0. The van der Waals surface area contributed by atoms with Crippen LogP contribution in [-0.4, -0.2) is 46.3 Å². The molecule has 3 N–H and O–H groups in total. The highest BCUT2D eigenvalue weighted by molar-refractivity contribution is 5.91. The first-order chi connectivity index (χ1) is 20.0. The molecular weight excluding hydrogens is 511 g/mol. The highest BCUT2D eigenvalue weighted by Gasteiger charge is 2.20. The Morgan fingerprint density at radius 2 is 1.93 bits per heavy atom. The van der Waals surface area contributed by atoms with E-state index in [2.05, 4.69) is 44.6 Å². The number of hydrogen-bond donors (Lipinski definition) is 3. The number of imidazole rings is 1. The number of piperidine rings is 1. The van der Waals surface area contributed by atoms with Crippen molar-refractivity contribution >= 4 is 28.6 Å². The molecule has 1 saturated carbocycles. The summed E-state index contributed by atoms with van der Waals surface area (Å²) in [5.74, 6) is 0.859. The summed E-state index contributed by atoms with van der Waals surface area (Å²) in [6.45, 7) is 15.7. The van der Waals surface area contributed by atoms with Gasteiger partial charge in [0.2, 0.25) is 0 Å². The molecule has 0 amide bonds. The van der Waals surface area contributed by atoms with Crippen LogP contribution in [0.4, 0.5) is 10.1 Å².